The Kier molecular flexibility index (Phi) is 9.63. The fourth-order valence-corrected chi connectivity index (χ4v) is 4.48. The minimum Gasteiger partial charge on any atom is -0.382 e. The number of benzene rings is 3. The molecule has 0 atom stereocenters. The highest BCUT2D eigenvalue weighted by molar-refractivity contribution is 5.96. The van der Waals surface area contributed by atoms with E-state index in [2.05, 4.69) is 15.6 Å². The number of hydrogen-bond donors (Lipinski definition) is 2. The van der Waals surface area contributed by atoms with E-state index in [9.17, 15) is 22.4 Å². The van der Waals surface area contributed by atoms with Gasteiger partial charge in [-0.3, -0.25) is 9.78 Å². The number of pyridine rings is 1. The molecule has 1 aliphatic rings. The number of nitrogens with one attached hydrogen (secondary N) is 2. The van der Waals surface area contributed by atoms with Crippen molar-refractivity contribution < 1.29 is 22.4 Å². The molecule has 0 radical (unpaired) electrons. The molecule has 11 heteroatoms. The molecule has 5 rings (SSSR count). The molecule has 2 heterocycles. The number of halogens is 6. The normalized spacial score (nSPS) is 13.8. The first-order chi connectivity index (χ1) is 17.8. The van der Waals surface area contributed by atoms with Gasteiger partial charge in [-0.15, -0.1) is 24.8 Å². The first-order valence-electron chi connectivity index (χ1n) is 11.9. The Labute approximate surface area is 235 Å². The Morgan fingerprint density at radius 1 is 0.872 bits per heavy atom. The summed E-state index contributed by atoms with van der Waals surface area (Å²) >= 11 is 0. The molecule has 4 aromatic rings. The first-order valence-corrected chi connectivity index (χ1v) is 11.9. The van der Waals surface area contributed by atoms with Gasteiger partial charge in [0.05, 0.1) is 11.1 Å². The maximum atomic E-state index is 13.1. The van der Waals surface area contributed by atoms with Crippen LogP contribution in [0.15, 0.2) is 79.0 Å². The molecule has 206 valence electrons. The van der Waals surface area contributed by atoms with E-state index in [1.165, 1.54) is 24.4 Å². The lowest BCUT2D eigenvalue weighted by atomic mass is 10.0. The van der Waals surface area contributed by atoms with Crippen LogP contribution in [0.1, 0.15) is 28.8 Å². The third-order valence-electron chi connectivity index (χ3n) is 6.48. The topological polar surface area (TPSA) is 57.3 Å². The number of carbonyl (C=O) groups excluding carboxylic acids is 1. The van der Waals surface area contributed by atoms with Crippen molar-refractivity contribution >= 4 is 58.7 Å². The summed E-state index contributed by atoms with van der Waals surface area (Å²) in [5.74, 6) is -0.332. The molecule has 1 amide bonds. The molecule has 0 saturated carbocycles. The minimum absolute atomic E-state index is 0. The lowest BCUT2D eigenvalue weighted by Gasteiger charge is -2.33. The highest BCUT2D eigenvalue weighted by Crippen LogP contribution is 2.33. The Morgan fingerprint density at radius 2 is 1.51 bits per heavy atom. The van der Waals surface area contributed by atoms with Crippen LogP contribution in [0.5, 0.6) is 0 Å². The van der Waals surface area contributed by atoms with Gasteiger partial charge < -0.3 is 15.5 Å². The van der Waals surface area contributed by atoms with Gasteiger partial charge in [0.2, 0.25) is 0 Å². The van der Waals surface area contributed by atoms with Gasteiger partial charge in [0.15, 0.2) is 0 Å². The second-order valence-electron chi connectivity index (χ2n) is 9.01. The Bertz CT molecular complexity index is 1410. The second kappa shape index (κ2) is 12.5. The molecule has 1 aromatic heterocycles. The molecule has 1 saturated heterocycles. The third-order valence-corrected chi connectivity index (χ3v) is 6.48. The van der Waals surface area contributed by atoms with Crippen molar-refractivity contribution in [3.8, 4) is 0 Å². The van der Waals surface area contributed by atoms with Crippen molar-refractivity contribution in [2.24, 2.45) is 0 Å². The fraction of sp³-hybridized carbons (Fsp3) is 0.214. The first kappa shape index (κ1) is 30.0. The zero-order chi connectivity index (χ0) is 26.0. The highest BCUT2D eigenvalue weighted by Gasteiger charge is 2.30. The van der Waals surface area contributed by atoms with E-state index in [0.29, 0.717) is 35.4 Å². The Hall–Kier alpha value is -3.56. The molecule has 2 N–H and O–H groups in total. The largest absolute Gasteiger partial charge is 0.416 e. The van der Waals surface area contributed by atoms with Crippen LogP contribution in [0, 0.1) is 5.82 Å². The van der Waals surface area contributed by atoms with Crippen molar-refractivity contribution in [2.75, 3.05) is 23.7 Å². The van der Waals surface area contributed by atoms with E-state index >= 15 is 0 Å². The summed E-state index contributed by atoms with van der Waals surface area (Å²) in [6.07, 6.45) is -1.41. The number of nitrogens with zero attached hydrogens (tertiary/aromatic N) is 2. The van der Waals surface area contributed by atoms with E-state index in [0.717, 1.165) is 30.7 Å². The Balaban J connectivity index is 0.00000210. The van der Waals surface area contributed by atoms with Gasteiger partial charge in [0, 0.05) is 53.3 Å². The van der Waals surface area contributed by atoms with Crippen LogP contribution in [-0.4, -0.2) is 34.9 Å². The molecule has 0 spiro atoms. The van der Waals surface area contributed by atoms with Crippen LogP contribution in [0.25, 0.3) is 10.9 Å². The number of carbonyl (C=O) groups is 1. The van der Waals surface area contributed by atoms with Crippen LogP contribution in [-0.2, 0) is 6.18 Å². The summed E-state index contributed by atoms with van der Waals surface area (Å²) < 4.78 is 52.2. The summed E-state index contributed by atoms with van der Waals surface area (Å²) in [6.45, 7) is 1.22. The van der Waals surface area contributed by atoms with Gasteiger partial charge in [-0.25, -0.2) is 4.39 Å². The molecule has 39 heavy (non-hydrogen) atoms. The van der Waals surface area contributed by atoms with Gasteiger partial charge in [0.1, 0.15) is 5.82 Å². The predicted octanol–water partition coefficient (Wildman–Crippen LogP) is 7.70. The van der Waals surface area contributed by atoms with Crippen LogP contribution in [0.3, 0.4) is 0 Å². The van der Waals surface area contributed by atoms with Crippen molar-refractivity contribution in [1.82, 2.24) is 9.88 Å². The standard InChI is InChI=1S/C28H24F4N4O.2ClH/c29-20-4-8-21(9-5-20)34-23-12-15-36(16-13-23)27(37)18-1-6-22(7-2-18)35-25-11-14-33-26-17-19(28(30,31)32)3-10-24(25)26;;/h1-11,14,17,23,34H,12-13,15-16H2,(H,33,35);2*1H. The summed E-state index contributed by atoms with van der Waals surface area (Å²) in [5, 5.41) is 7.16. The molecular formula is C28H26Cl2F4N4O. The van der Waals surface area contributed by atoms with Gasteiger partial charge in [-0.05, 0) is 79.6 Å². The van der Waals surface area contributed by atoms with Crippen LogP contribution in [0.4, 0.5) is 34.6 Å². The van der Waals surface area contributed by atoms with Crippen molar-refractivity contribution in [1.29, 1.82) is 0 Å². The lowest BCUT2D eigenvalue weighted by Crippen LogP contribution is -2.42. The SMILES string of the molecule is Cl.Cl.O=C(c1ccc(Nc2ccnc3cc(C(F)(F)F)ccc23)cc1)N1CCC(Nc2ccc(F)cc2)CC1. The zero-order valence-corrected chi connectivity index (χ0v) is 22.2. The number of piperidine rings is 1. The van der Waals surface area contributed by atoms with Gasteiger partial charge >= 0.3 is 6.18 Å². The van der Waals surface area contributed by atoms with Crippen molar-refractivity contribution in [2.45, 2.75) is 25.1 Å². The maximum absolute atomic E-state index is 13.1. The van der Waals surface area contributed by atoms with Crippen LogP contribution >= 0.6 is 24.8 Å². The molecule has 3 aromatic carbocycles. The second-order valence-corrected chi connectivity index (χ2v) is 9.01. The number of amides is 1. The number of rotatable bonds is 5. The Morgan fingerprint density at radius 3 is 2.15 bits per heavy atom. The molecular weight excluding hydrogens is 555 g/mol. The van der Waals surface area contributed by atoms with E-state index in [1.54, 1.807) is 42.5 Å². The number of fused-ring (bicyclic) bond motifs is 1. The summed E-state index contributed by atoms with van der Waals surface area (Å²) in [4.78, 5) is 18.9. The van der Waals surface area contributed by atoms with E-state index < -0.39 is 11.7 Å². The molecule has 0 unspecified atom stereocenters. The van der Waals surface area contributed by atoms with Gasteiger partial charge in [-0.1, -0.05) is 6.07 Å². The van der Waals surface area contributed by atoms with E-state index in [-0.39, 0.29) is 48.1 Å². The number of likely N-dealkylation sites (tertiary alicyclic amines) is 1. The number of aromatic nitrogens is 1. The molecule has 0 aliphatic carbocycles. The van der Waals surface area contributed by atoms with Crippen LogP contribution < -0.4 is 10.6 Å². The monoisotopic (exact) mass is 580 g/mol. The molecule has 1 fully saturated rings. The third kappa shape index (κ3) is 7.10. The average molecular weight is 581 g/mol. The van der Waals surface area contributed by atoms with Crippen molar-refractivity contribution in [3.63, 3.8) is 0 Å². The van der Waals surface area contributed by atoms with Gasteiger partial charge in [-0.2, -0.15) is 13.2 Å². The van der Waals surface area contributed by atoms with E-state index in [4.69, 9.17) is 0 Å². The predicted molar refractivity (Wildman–Crippen MR) is 150 cm³/mol. The van der Waals surface area contributed by atoms with Gasteiger partial charge in [0.25, 0.3) is 5.91 Å². The van der Waals surface area contributed by atoms with E-state index in [1.807, 2.05) is 4.90 Å². The lowest BCUT2D eigenvalue weighted by molar-refractivity contribution is -0.137. The molecule has 0 bridgehead atoms. The van der Waals surface area contributed by atoms with Crippen LogP contribution in [0.2, 0.25) is 0 Å². The summed E-state index contributed by atoms with van der Waals surface area (Å²) in [6, 6.07) is 18.6. The highest BCUT2D eigenvalue weighted by atomic mass is 35.5. The number of hydrogen-bond acceptors (Lipinski definition) is 4. The molecule has 1 aliphatic heterocycles. The average Bonchev–Trinajstić information content (AvgIpc) is 2.90. The summed E-state index contributed by atoms with van der Waals surface area (Å²) in [5.41, 5.74) is 2.23. The summed E-state index contributed by atoms with van der Waals surface area (Å²) in [7, 11) is 0. The smallest absolute Gasteiger partial charge is 0.382 e. The fourth-order valence-electron chi connectivity index (χ4n) is 4.48. The maximum Gasteiger partial charge on any atom is 0.416 e. The quantitative estimate of drug-likeness (QED) is 0.237. The van der Waals surface area contributed by atoms with Crippen molar-refractivity contribution in [3.05, 3.63) is 95.9 Å². The minimum atomic E-state index is -4.43. The molecule has 5 nitrogen and oxygen atoms in total. The zero-order valence-electron chi connectivity index (χ0n) is 20.5. The number of alkyl halides is 3. The number of anilines is 3.